The number of imide groups is 2. The van der Waals surface area contributed by atoms with Crippen molar-refractivity contribution in [3.05, 3.63) is 29.8 Å². The third kappa shape index (κ3) is 4.78. The van der Waals surface area contributed by atoms with Crippen LogP contribution in [0.25, 0.3) is 0 Å². The highest BCUT2D eigenvalue weighted by molar-refractivity contribution is 7.87. The molecule has 2 heterocycles. The minimum Gasteiger partial charge on any atom is -0.383 e. The molecule has 0 aromatic heterocycles. The molecule has 3 rings (SSSR count). The lowest BCUT2D eigenvalue weighted by Gasteiger charge is -2.14. The van der Waals surface area contributed by atoms with Crippen LogP contribution in [0.1, 0.15) is 31.2 Å². The minimum atomic E-state index is -4.79. The normalized spacial score (nSPS) is 21.9. The number of nitrogens with zero attached hydrogens (tertiary/aromatic N) is 2. The Labute approximate surface area is 176 Å². The summed E-state index contributed by atoms with van der Waals surface area (Å²) in [6, 6.07) is 6.32. The second-order valence-corrected chi connectivity index (χ2v) is 8.60. The first-order chi connectivity index (χ1) is 14.5. The highest BCUT2D eigenvalue weighted by Gasteiger charge is 2.48. The summed E-state index contributed by atoms with van der Waals surface area (Å²) in [5.74, 6) is -4.50. The summed E-state index contributed by atoms with van der Waals surface area (Å²) in [6.07, 6.45) is -1.97. The van der Waals surface area contributed by atoms with Crippen LogP contribution in [0.4, 0.5) is 5.69 Å². The molecule has 2 fully saturated rings. The van der Waals surface area contributed by atoms with Gasteiger partial charge in [0.25, 0.3) is 27.8 Å². The van der Waals surface area contributed by atoms with E-state index in [1.165, 1.54) is 12.1 Å². The predicted octanol–water partition coefficient (Wildman–Crippen LogP) is -0.893. The van der Waals surface area contributed by atoms with Crippen LogP contribution in [0.15, 0.2) is 24.3 Å². The van der Waals surface area contributed by atoms with Gasteiger partial charge in [-0.05, 0) is 30.5 Å². The van der Waals surface area contributed by atoms with Gasteiger partial charge in [0.2, 0.25) is 5.91 Å². The van der Waals surface area contributed by atoms with E-state index in [2.05, 4.69) is 4.84 Å². The molecule has 1 aromatic rings. The third-order valence-corrected chi connectivity index (χ3v) is 5.87. The quantitative estimate of drug-likeness (QED) is 0.388. The zero-order valence-electron chi connectivity index (χ0n) is 16.0. The molecule has 2 aliphatic heterocycles. The lowest BCUT2D eigenvalue weighted by Crippen LogP contribution is -2.36. The van der Waals surface area contributed by atoms with Crippen molar-refractivity contribution in [1.82, 2.24) is 5.06 Å². The Morgan fingerprint density at radius 2 is 1.68 bits per heavy atom. The zero-order valence-corrected chi connectivity index (χ0v) is 16.8. The summed E-state index contributed by atoms with van der Waals surface area (Å²) < 4.78 is 31.1. The molecule has 0 radical (unpaired) electrons. The van der Waals surface area contributed by atoms with E-state index in [1.807, 2.05) is 0 Å². The van der Waals surface area contributed by atoms with Gasteiger partial charge in [0, 0.05) is 6.42 Å². The Morgan fingerprint density at radius 3 is 2.19 bits per heavy atom. The van der Waals surface area contributed by atoms with Crippen molar-refractivity contribution in [1.29, 1.82) is 0 Å². The molecular weight excluding hydrogens is 436 g/mol. The van der Waals surface area contributed by atoms with Crippen LogP contribution in [0.5, 0.6) is 0 Å². The topological polar surface area (TPSA) is 176 Å². The van der Waals surface area contributed by atoms with Crippen LogP contribution in [0.2, 0.25) is 0 Å². The number of carbonyl (C=O) groups is 5. The van der Waals surface area contributed by atoms with Crippen molar-refractivity contribution in [3.8, 4) is 0 Å². The van der Waals surface area contributed by atoms with Crippen LogP contribution in [-0.2, 0) is 45.3 Å². The average molecular weight is 454 g/mol. The molecule has 2 aliphatic rings. The van der Waals surface area contributed by atoms with Crippen LogP contribution >= 0.6 is 0 Å². The van der Waals surface area contributed by atoms with Crippen molar-refractivity contribution >= 4 is 45.4 Å². The Bertz CT molecular complexity index is 1050. The number of carbonyl (C=O) groups excluding carboxylic acids is 5. The molecule has 0 spiro atoms. The van der Waals surface area contributed by atoms with E-state index in [-0.39, 0.29) is 24.3 Å². The van der Waals surface area contributed by atoms with E-state index >= 15 is 0 Å². The summed E-state index contributed by atoms with van der Waals surface area (Å²) in [6.45, 7) is 0. The van der Waals surface area contributed by atoms with Crippen molar-refractivity contribution < 1.29 is 46.9 Å². The lowest BCUT2D eigenvalue weighted by molar-refractivity contribution is -0.197. The lowest BCUT2D eigenvalue weighted by atomic mass is 10.1. The van der Waals surface area contributed by atoms with Gasteiger partial charge in [-0.3, -0.25) is 23.7 Å². The number of aryl methyl sites for hydroxylation is 1. The van der Waals surface area contributed by atoms with Crippen molar-refractivity contribution in [2.75, 3.05) is 4.90 Å². The highest BCUT2D eigenvalue weighted by atomic mass is 32.2. The molecule has 1 aromatic carbocycles. The maximum atomic E-state index is 11.9. The van der Waals surface area contributed by atoms with Gasteiger partial charge in [0.1, 0.15) is 6.10 Å². The Kier molecular flexibility index (Phi) is 6.20. The number of anilines is 1. The predicted molar refractivity (Wildman–Crippen MR) is 100 cm³/mol. The Morgan fingerprint density at radius 1 is 1.03 bits per heavy atom. The number of hydrogen-bond donors (Lipinski definition) is 2. The second kappa shape index (κ2) is 8.53. The number of hydroxylamine groups is 2. The molecule has 166 valence electrons. The third-order valence-electron chi connectivity index (χ3n) is 4.78. The number of benzene rings is 1. The van der Waals surface area contributed by atoms with Crippen molar-refractivity contribution in [2.45, 2.75) is 43.5 Å². The van der Waals surface area contributed by atoms with Gasteiger partial charge >= 0.3 is 5.97 Å². The smallest absolute Gasteiger partial charge is 0.333 e. The Balaban J connectivity index is 1.50. The fourth-order valence-electron chi connectivity index (χ4n) is 3.19. The van der Waals surface area contributed by atoms with Crippen LogP contribution < -0.4 is 4.90 Å². The first-order valence-corrected chi connectivity index (χ1v) is 10.7. The first kappa shape index (κ1) is 22.5. The standard InChI is InChI=1S/C18H18N2O10S/c21-12-8-14(22)19(17(12)25)11-6-4-10(5-7-11)2-1-3-16(24)30-20-15(23)9-13(18(20)26)31(27,28)29/h4-7,12-13,21H,1-3,8-9H2,(H,27,28,29). The molecule has 31 heavy (non-hydrogen) atoms. The number of aliphatic hydroxyl groups is 1. The van der Waals surface area contributed by atoms with E-state index in [1.54, 1.807) is 12.1 Å². The Hall–Kier alpha value is -3.16. The minimum absolute atomic E-state index is 0.0497. The monoisotopic (exact) mass is 454 g/mol. The van der Waals surface area contributed by atoms with E-state index in [4.69, 9.17) is 4.55 Å². The van der Waals surface area contributed by atoms with Gasteiger partial charge < -0.3 is 9.94 Å². The van der Waals surface area contributed by atoms with E-state index < -0.39 is 57.5 Å². The number of amides is 4. The maximum Gasteiger partial charge on any atom is 0.333 e. The van der Waals surface area contributed by atoms with Crippen molar-refractivity contribution in [2.24, 2.45) is 0 Å². The molecular formula is C18H18N2O10S. The summed E-state index contributed by atoms with van der Waals surface area (Å²) in [5, 5.41) is 7.53. The SMILES string of the molecule is O=C(CCCc1ccc(N2C(=O)CC(O)C2=O)cc1)ON1C(=O)CC(S(=O)(=O)O)C1=O. The van der Waals surface area contributed by atoms with E-state index in [9.17, 15) is 37.5 Å². The molecule has 12 nitrogen and oxygen atoms in total. The van der Waals surface area contributed by atoms with Crippen LogP contribution in [-0.4, -0.2) is 64.1 Å². The summed E-state index contributed by atoms with van der Waals surface area (Å²) in [5.41, 5.74) is 1.07. The second-order valence-electron chi connectivity index (χ2n) is 7.00. The molecule has 2 unspecified atom stereocenters. The molecule has 0 bridgehead atoms. The van der Waals surface area contributed by atoms with Crippen LogP contribution in [0, 0.1) is 0 Å². The molecule has 0 saturated carbocycles. The number of rotatable bonds is 7. The maximum absolute atomic E-state index is 11.9. The molecule has 13 heteroatoms. The number of hydrogen-bond acceptors (Lipinski definition) is 9. The highest BCUT2D eigenvalue weighted by Crippen LogP contribution is 2.24. The molecule has 2 saturated heterocycles. The zero-order chi connectivity index (χ0) is 22.9. The van der Waals surface area contributed by atoms with Crippen molar-refractivity contribution in [3.63, 3.8) is 0 Å². The fourth-order valence-corrected chi connectivity index (χ4v) is 3.90. The molecule has 2 atom stereocenters. The molecule has 2 N–H and O–H groups in total. The fraction of sp³-hybridized carbons (Fsp3) is 0.389. The van der Waals surface area contributed by atoms with Gasteiger partial charge in [-0.2, -0.15) is 8.42 Å². The molecule has 0 aliphatic carbocycles. The summed E-state index contributed by atoms with van der Waals surface area (Å²) in [4.78, 5) is 64.5. The first-order valence-electron chi connectivity index (χ1n) is 9.16. The van der Waals surface area contributed by atoms with Crippen LogP contribution in [0.3, 0.4) is 0 Å². The van der Waals surface area contributed by atoms with Gasteiger partial charge in [0.15, 0.2) is 5.25 Å². The van der Waals surface area contributed by atoms with Gasteiger partial charge in [-0.25, -0.2) is 9.69 Å². The van der Waals surface area contributed by atoms with Gasteiger partial charge in [-0.1, -0.05) is 12.1 Å². The number of aliphatic hydroxyl groups excluding tert-OH is 1. The van der Waals surface area contributed by atoms with Gasteiger partial charge in [0.05, 0.1) is 18.5 Å². The largest absolute Gasteiger partial charge is 0.383 e. The molecule has 4 amide bonds. The summed E-state index contributed by atoms with van der Waals surface area (Å²) in [7, 11) is -4.79. The van der Waals surface area contributed by atoms with E-state index in [0.29, 0.717) is 12.1 Å². The van der Waals surface area contributed by atoms with Gasteiger partial charge in [-0.15, -0.1) is 5.06 Å². The average Bonchev–Trinajstić information content (AvgIpc) is 3.11. The summed E-state index contributed by atoms with van der Waals surface area (Å²) >= 11 is 0. The van der Waals surface area contributed by atoms with E-state index in [0.717, 1.165) is 10.5 Å².